The molecular weight excluding hydrogens is 352 g/mol. The zero-order valence-electron chi connectivity index (χ0n) is 17.1. The van der Waals surface area contributed by atoms with Gasteiger partial charge < -0.3 is 14.2 Å². The molecule has 150 valence electrons. The van der Waals surface area contributed by atoms with E-state index in [1.54, 1.807) is 20.4 Å². The lowest BCUT2D eigenvalue weighted by Crippen LogP contribution is -2.43. The van der Waals surface area contributed by atoms with Crippen molar-refractivity contribution in [3.63, 3.8) is 0 Å². The lowest BCUT2D eigenvalue weighted by Gasteiger charge is -2.27. The van der Waals surface area contributed by atoms with E-state index in [-0.39, 0.29) is 10.8 Å². The molecule has 0 saturated carbocycles. The summed E-state index contributed by atoms with van der Waals surface area (Å²) in [5.74, 6) is 1.42. The van der Waals surface area contributed by atoms with Crippen LogP contribution in [0.5, 0.6) is 11.6 Å². The molecule has 0 radical (unpaired) electrons. The fourth-order valence-corrected chi connectivity index (χ4v) is 3.19. The number of ether oxygens (including phenoxy) is 3. The molecule has 6 nitrogen and oxygen atoms in total. The molecule has 0 bridgehead atoms. The highest BCUT2D eigenvalue weighted by atomic mass is 32.2. The van der Waals surface area contributed by atoms with Gasteiger partial charge in [0.2, 0.25) is 0 Å². The average molecular weight is 387 g/mol. The predicted molar refractivity (Wildman–Crippen MR) is 106 cm³/mol. The molecule has 1 N–H and O–H groups in total. The number of pyridine rings is 1. The molecule has 1 heterocycles. The Morgan fingerprint density at radius 1 is 1.23 bits per heavy atom. The highest BCUT2D eigenvalue weighted by Crippen LogP contribution is 2.26. The van der Waals surface area contributed by atoms with E-state index in [1.807, 2.05) is 26.8 Å². The first-order chi connectivity index (χ1) is 12.2. The minimum absolute atomic E-state index is 0.0756. The molecule has 0 aliphatic carbocycles. The summed E-state index contributed by atoms with van der Waals surface area (Å²) in [5, 5.41) is 0. The lowest BCUT2D eigenvalue weighted by atomic mass is 9.98. The zero-order chi connectivity index (χ0) is 19.7. The van der Waals surface area contributed by atoms with Crippen LogP contribution in [0.2, 0.25) is 0 Å². The molecule has 0 aliphatic rings. The van der Waals surface area contributed by atoms with Crippen molar-refractivity contribution in [2.75, 3.05) is 27.4 Å². The van der Waals surface area contributed by atoms with Crippen LogP contribution < -0.4 is 14.2 Å². The molecule has 1 rings (SSSR count). The van der Waals surface area contributed by atoms with Crippen LogP contribution in [0, 0.1) is 5.92 Å². The fraction of sp³-hybridized carbons (Fsp3) is 0.737. The Balaban J connectivity index is 2.86. The van der Waals surface area contributed by atoms with Crippen molar-refractivity contribution in [1.29, 1.82) is 0 Å². The van der Waals surface area contributed by atoms with E-state index in [0.717, 1.165) is 12.0 Å². The summed E-state index contributed by atoms with van der Waals surface area (Å²) in [6, 6.07) is 2.03. The van der Waals surface area contributed by atoms with Crippen LogP contribution in [0.25, 0.3) is 0 Å². The van der Waals surface area contributed by atoms with Gasteiger partial charge >= 0.3 is 0 Å². The van der Waals surface area contributed by atoms with Gasteiger partial charge in [0.05, 0.1) is 29.4 Å². The summed E-state index contributed by atoms with van der Waals surface area (Å²) in [5.41, 5.74) is 1.02. The molecule has 0 aromatic carbocycles. The van der Waals surface area contributed by atoms with Gasteiger partial charge in [0.25, 0.3) is 5.88 Å². The van der Waals surface area contributed by atoms with Crippen LogP contribution in [0.3, 0.4) is 0 Å². The number of nitrogens with one attached hydrogen (secondary N) is 1. The van der Waals surface area contributed by atoms with Crippen LogP contribution in [-0.2, 0) is 22.1 Å². The van der Waals surface area contributed by atoms with Crippen molar-refractivity contribution in [1.82, 2.24) is 9.71 Å². The molecule has 26 heavy (non-hydrogen) atoms. The van der Waals surface area contributed by atoms with Crippen LogP contribution in [0.15, 0.2) is 12.3 Å². The summed E-state index contributed by atoms with van der Waals surface area (Å²) >= 11 is 0. The maximum absolute atomic E-state index is 12.5. The average Bonchev–Trinajstić information content (AvgIpc) is 2.57. The molecule has 0 fully saturated rings. The molecule has 0 amide bonds. The third-order valence-electron chi connectivity index (χ3n) is 3.89. The van der Waals surface area contributed by atoms with E-state index in [4.69, 9.17) is 14.2 Å². The van der Waals surface area contributed by atoms with E-state index in [0.29, 0.717) is 37.2 Å². The third kappa shape index (κ3) is 7.60. The van der Waals surface area contributed by atoms with Gasteiger partial charge in [-0.15, -0.1) is 0 Å². The summed E-state index contributed by atoms with van der Waals surface area (Å²) in [4.78, 5) is 4.35. The quantitative estimate of drug-likeness (QED) is 0.592. The number of hydrogen-bond acceptors (Lipinski definition) is 5. The van der Waals surface area contributed by atoms with Gasteiger partial charge in [0.15, 0.2) is 5.75 Å². The second-order valence-electron chi connectivity index (χ2n) is 7.60. The van der Waals surface area contributed by atoms with Gasteiger partial charge in [0.1, 0.15) is 0 Å². The third-order valence-corrected chi connectivity index (χ3v) is 5.52. The number of rotatable bonds is 11. The van der Waals surface area contributed by atoms with E-state index in [9.17, 15) is 4.21 Å². The van der Waals surface area contributed by atoms with Crippen molar-refractivity contribution in [2.24, 2.45) is 5.92 Å². The topological polar surface area (TPSA) is 69.7 Å². The first-order valence-corrected chi connectivity index (χ1v) is 10.2. The van der Waals surface area contributed by atoms with Crippen molar-refractivity contribution in [2.45, 2.75) is 58.2 Å². The molecule has 1 unspecified atom stereocenters. The molecule has 0 spiro atoms. The second-order valence-corrected chi connectivity index (χ2v) is 9.60. The minimum Gasteiger partial charge on any atom is -0.488 e. The Morgan fingerprint density at radius 3 is 2.46 bits per heavy atom. The van der Waals surface area contributed by atoms with Crippen molar-refractivity contribution in [3.8, 4) is 11.6 Å². The standard InChI is InChI=1S/C19H34N2O4S/c1-14(2)16(21-26(22)19(3,4)5)11-15-12-17(18(24-7)20-13-15)25-10-8-9-23-6/h12-14,16,21H,8-11H2,1-7H3/t16-,26?/m0/s1. The SMILES string of the molecule is COCCCOc1cc(C[C@H](NS(=O)C(C)(C)C)C(C)C)cnc1OC. The van der Waals surface area contributed by atoms with Gasteiger partial charge in [-0.05, 0) is 44.7 Å². The maximum atomic E-state index is 12.5. The van der Waals surface area contributed by atoms with Crippen LogP contribution >= 0.6 is 0 Å². The summed E-state index contributed by atoms with van der Waals surface area (Å²) in [6.07, 6.45) is 3.30. The predicted octanol–water partition coefficient (Wildman–Crippen LogP) is 3.12. The maximum Gasteiger partial charge on any atom is 0.256 e. The number of nitrogens with zero attached hydrogens (tertiary/aromatic N) is 1. The lowest BCUT2D eigenvalue weighted by molar-refractivity contribution is 0.170. The summed E-state index contributed by atoms with van der Waals surface area (Å²) in [7, 11) is 2.13. The van der Waals surface area contributed by atoms with E-state index < -0.39 is 11.0 Å². The Kier molecular flexibility index (Phi) is 9.54. The molecule has 7 heteroatoms. The largest absolute Gasteiger partial charge is 0.488 e. The normalized spacial score (nSPS) is 14.3. The highest BCUT2D eigenvalue weighted by molar-refractivity contribution is 7.84. The van der Waals surface area contributed by atoms with Gasteiger partial charge in [0, 0.05) is 32.4 Å². The second kappa shape index (κ2) is 10.8. The fourth-order valence-electron chi connectivity index (χ4n) is 2.21. The van der Waals surface area contributed by atoms with Crippen LogP contribution in [-0.4, -0.2) is 47.4 Å². The van der Waals surface area contributed by atoms with Crippen molar-refractivity contribution >= 4 is 11.0 Å². The Labute approximate surface area is 160 Å². The molecule has 2 atom stereocenters. The summed E-state index contributed by atoms with van der Waals surface area (Å²) < 4.78 is 31.6. The minimum atomic E-state index is -1.12. The van der Waals surface area contributed by atoms with Crippen molar-refractivity contribution < 1.29 is 18.4 Å². The zero-order valence-corrected chi connectivity index (χ0v) is 17.9. The number of hydrogen-bond donors (Lipinski definition) is 1. The van der Waals surface area contributed by atoms with E-state index >= 15 is 0 Å². The summed E-state index contributed by atoms with van der Waals surface area (Å²) in [6.45, 7) is 11.3. The Bertz CT molecular complexity index is 573. The van der Waals surface area contributed by atoms with Crippen molar-refractivity contribution in [3.05, 3.63) is 17.8 Å². The number of aromatic nitrogens is 1. The molecular formula is C19H34N2O4S. The van der Waals surface area contributed by atoms with E-state index in [1.165, 1.54) is 0 Å². The number of methoxy groups -OCH3 is 2. The van der Waals surface area contributed by atoms with Gasteiger partial charge in [-0.1, -0.05) is 13.8 Å². The van der Waals surface area contributed by atoms with Gasteiger partial charge in [-0.2, -0.15) is 0 Å². The Morgan fingerprint density at radius 2 is 1.92 bits per heavy atom. The highest BCUT2D eigenvalue weighted by Gasteiger charge is 2.25. The van der Waals surface area contributed by atoms with E-state index in [2.05, 4.69) is 23.6 Å². The first kappa shape index (κ1) is 22.9. The molecule has 1 aromatic rings. The molecule has 0 aliphatic heterocycles. The first-order valence-electron chi connectivity index (χ1n) is 9.01. The molecule has 0 saturated heterocycles. The monoisotopic (exact) mass is 386 g/mol. The van der Waals surface area contributed by atoms with Crippen LogP contribution in [0.4, 0.5) is 0 Å². The molecule has 1 aromatic heterocycles. The Hall–Kier alpha value is -1.18. The van der Waals surface area contributed by atoms with Gasteiger partial charge in [-0.25, -0.2) is 13.9 Å². The van der Waals surface area contributed by atoms with Crippen LogP contribution in [0.1, 0.15) is 46.6 Å². The van der Waals surface area contributed by atoms with Gasteiger partial charge in [-0.3, -0.25) is 0 Å². The smallest absolute Gasteiger partial charge is 0.256 e.